The van der Waals surface area contributed by atoms with Crippen LogP contribution in [0.4, 0.5) is 0 Å². The van der Waals surface area contributed by atoms with Crippen molar-refractivity contribution in [2.45, 2.75) is 24.7 Å². The summed E-state index contributed by atoms with van der Waals surface area (Å²) >= 11 is 0. The van der Waals surface area contributed by atoms with Crippen LogP contribution in [0.25, 0.3) is 0 Å². The van der Waals surface area contributed by atoms with Crippen molar-refractivity contribution in [2.24, 2.45) is 0 Å². The zero-order valence-corrected chi connectivity index (χ0v) is 14.4. The first-order valence-electron chi connectivity index (χ1n) is 8.86. The van der Waals surface area contributed by atoms with E-state index < -0.39 is 0 Å². The van der Waals surface area contributed by atoms with Crippen molar-refractivity contribution in [3.05, 3.63) is 66.2 Å². The molecule has 1 amide bonds. The van der Waals surface area contributed by atoms with Crippen molar-refractivity contribution >= 4 is 5.91 Å². The monoisotopic (exact) mass is 339 g/mol. The SMILES string of the molecule is O=C(CCOc1ccccc1)NCC1(c2ccccc2)CCOCC1. The minimum atomic E-state index is -0.0323. The molecule has 0 spiro atoms. The van der Waals surface area contributed by atoms with Gasteiger partial charge in [-0.2, -0.15) is 0 Å². The van der Waals surface area contributed by atoms with Crippen LogP contribution in [0.15, 0.2) is 60.7 Å². The van der Waals surface area contributed by atoms with Crippen LogP contribution in [-0.2, 0) is 14.9 Å². The maximum Gasteiger partial charge on any atom is 0.223 e. The number of rotatable bonds is 7. The Morgan fingerprint density at radius 3 is 2.32 bits per heavy atom. The molecule has 1 aliphatic rings. The first-order chi connectivity index (χ1) is 12.3. The third-order valence-corrected chi connectivity index (χ3v) is 4.80. The molecule has 1 saturated heterocycles. The largest absolute Gasteiger partial charge is 0.493 e. The van der Waals surface area contributed by atoms with Crippen molar-refractivity contribution in [2.75, 3.05) is 26.4 Å². The molecule has 0 atom stereocenters. The summed E-state index contributed by atoms with van der Waals surface area (Å²) in [6.07, 6.45) is 2.21. The quantitative estimate of drug-likeness (QED) is 0.842. The topological polar surface area (TPSA) is 47.6 Å². The van der Waals surface area contributed by atoms with Gasteiger partial charge in [0, 0.05) is 25.2 Å². The summed E-state index contributed by atoms with van der Waals surface area (Å²) in [5, 5.41) is 3.10. The van der Waals surface area contributed by atoms with E-state index in [1.165, 1.54) is 5.56 Å². The van der Waals surface area contributed by atoms with Crippen LogP contribution in [0, 0.1) is 0 Å². The van der Waals surface area contributed by atoms with E-state index in [9.17, 15) is 4.79 Å². The van der Waals surface area contributed by atoms with Gasteiger partial charge in [-0.25, -0.2) is 0 Å². The van der Waals surface area contributed by atoms with E-state index in [2.05, 4.69) is 29.6 Å². The van der Waals surface area contributed by atoms with Gasteiger partial charge in [0.1, 0.15) is 5.75 Å². The fourth-order valence-electron chi connectivity index (χ4n) is 3.26. The molecule has 25 heavy (non-hydrogen) atoms. The van der Waals surface area contributed by atoms with Gasteiger partial charge in [0.2, 0.25) is 5.91 Å². The summed E-state index contributed by atoms with van der Waals surface area (Å²) in [4.78, 5) is 12.2. The van der Waals surface area contributed by atoms with Crippen molar-refractivity contribution in [1.29, 1.82) is 0 Å². The average Bonchev–Trinajstić information content (AvgIpc) is 2.69. The Balaban J connectivity index is 1.52. The Hall–Kier alpha value is -2.33. The molecule has 1 N–H and O–H groups in total. The van der Waals surface area contributed by atoms with E-state index in [1.807, 2.05) is 36.4 Å². The van der Waals surface area contributed by atoms with E-state index in [0.717, 1.165) is 31.8 Å². The van der Waals surface area contributed by atoms with Gasteiger partial charge in [0.05, 0.1) is 13.0 Å². The van der Waals surface area contributed by atoms with Crippen LogP contribution in [0.3, 0.4) is 0 Å². The molecule has 0 aromatic heterocycles. The highest BCUT2D eigenvalue weighted by molar-refractivity contribution is 5.76. The maximum atomic E-state index is 12.2. The standard InChI is InChI=1S/C21H25NO3/c23-20(11-14-25-19-9-5-2-6-10-19)22-17-21(12-15-24-16-13-21)18-7-3-1-4-8-18/h1-10H,11-17H2,(H,22,23). The zero-order valence-electron chi connectivity index (χ0n) is 14.4. The van der Waals surface area contributed by atoms with Gasteiger partial charge >= 0.3 is 0 Å². The molecular formula is C21H25NO3. The predicted octanol–water partition coefficient (Wildman–Crippen LogP) is 3.32. The molecule has 0 radical (unpaired) electrons. The summed E-state index contributed by atoms with van der Waals surface area (Å²) in [6, 6.07) is 20.0. The molecule has 0 aliphatic carbocycles. The van der Waals surface area contributed by atoms with Gasteiger partial charge in [-0.15, -0.1) is 0 Å². The normalized spacial score (nSPS) is 16.2. The molecule has 3 rings (SSSR count). The molecule has 1 heterocycles. The predicted molar refractivity (Wildman–Crippen MR) is 97.7 cm³/mol. The molecule has 1 aliphatic heterocycles. The molecule has 4 nitrogen and oxygen atoms in total. The minimum Gasteiger partial charge on any atom is -0.493 e. The molecule has 4 heteroatoms. The lowest BCUT2D eigenvalue weighted by Crippen LogP contribution is -2.44. The Morgan fingerprint density at radius 2 is 1.64 bits per heavy atom. The van der Waals surface area contributed by atoms with Crippen molar-refractivity contribution in [1.82, 2.24) is 5.32 Å². The van der Waals surface area contributed by atoms with Crippen LogP contribution in [0.5, 0.6) is 5.75 Å². The number of hydrogen-bond acceptors (Lipinski definition) is 3. The van der Waals surface area contributed by atoms with Crippen LogP contribution < -0.4 is 10.1 Å². The number of carbonyl (C=O) groups is 1. The maximum absolute atomic E-state index is 12.2. The highest BCUT2D eigenvalue weighted by Crippen LogP contribution is 2.34. The molecule has 2 aromatic rings. The third kappa shape index (κ3) is 4.83. The average molecular weight is 339 g/mol. The number of hydrogen-bond donors (Lipinski definition) is 1. The van der Waals surface area contributed by atoms with E-state index in [-0.39, 0.29) is 11.3 Å². The molecule has 1 fully saturated rings. The summed E-state index contributed by atoms with van der Waals surface area (Å²) in [5.41, 5.74) is 1.24. The smallest absolute Gasteiger partial charge is 0.223 e. The molecule has 0 saturated carbocycles. The second kappa shape index (κ2) is 8.67. The Labute approximate surface area is 149 Å². The van der Waals surface area contributed by atoms with Crippen LogP contribution in [0.1, 0.15) is 24.8 Å². The number of amides is 1. The summed E-state index contributed by atoms with van der Waals surface area (Å²) in [7, 11) is 0. The summed E-state index contributed by atoms with van der Waals surface area (Å²) in [5.74, 6) is 0.818. The second-order valence-electron chi connectivity index (χ2n) is 6.45. The molecule has 0 bridgehead atoms. The van der Waals surface area contributed by atoms with Crippen LogP contribution in [0.2, 0.25) is 0 Å². The summed E-state index contributed by atoms with van der Waals surface area (Å²) in [6.45, 7) is 2.51. The first-order valence-corrected chi connectivity index (χ1v) is 8.86. The Kier molecular flexibility index (Phi) is 6.07. The lowest BCUT2D eigenvalue weighted by Gasteiger charge is -2.38. The lowest BCUT2D eigenvalue weighted by molar-refractivity contribution is -0.122. The molecule has 0 unspecified atom stereocenters. The van der Waals surface area contributed by atoms with Crippen molar-refractivity contribution in [3.8, 4) is 5.75 Å². The van der Waals surface area contributed by atoms with Gasteiger partial charge in [0.15, 0.2) is 0 Å². The zero-order chi connectivity index (χ0) is 17.4. The molecule has 2 aromatic carbocycles. The first kappa shape index (κ1) is 17.5. The Bertz CT molecular complexity index is 651. The van der Waals surface area contributed by atoms with E-state index in [1.54, 1.807) is 0 Å². The van der Waals surface area contributed by atoms with Crippen molar-refractivity contribution in [3.63, 3.8) is 0 Å². The van der Waals surface area contributed by atoms with Gasteiger partial charge in [-0.3, -0.25) is 4.79 Å². The van der Waals surface area contributed by atoms with Gasteiger partial charge in [-0.1, -0.05) is 48.5 Å². The number of carbonyl (C=O) groups excluding carboxylic acids is 1. The minimum absolute atomic E-state index is 0.0257. The van der Waals surface area contributed by atoms with E-state index >= 15 is 0 Å². The molecular weight excluding hydrogens is 314 g/mol. The summed E-state index contributed by atoms with van der Waals surface area (Å²) < 4.78 is 11.1. The van der Waals surface area contributed by atoms with Gasteiger partial charge in [0.25, 0.3) is 0 Å². The number of para-hydroxylation sites is 1. The van der Waals surface area contributed by atoms with Crippen molar-refractivity contribution < 1.29 is 14.3 Å². The third-order valence-electron chi connectivity index (χ3n) is 4.80. The van der Waals surface area contributed by atoms with Gasteiger partial charge < -0.3 is 14.8 Å². The highest BCUT2D eigenvalue weighted by Gasteiger charge is 2.34. The number of ether oxygens (including phenoxy) is 2. The fourth-order valence-corrected chi connectivity index (χ4v) is 3.26. The highest BCUT2D eigenvalue weighted by atomic mass is 16.5. The lowest BCUT2D eigenvalue weighted by atomic mass is 9.74. The van der Waals surface area contributed by atoms with Gasteiger partial charge in [-0.05, 0) is 30.5 Å². The number of nitrogens with one attached hydrogen (secondary N) is 1. The van der Waals surface area contributed by atoms with Crippen LogP contribution >= 0.6 is 0 Å². The second-order valence-corrected chi connectivity index (χ2v) is 6.45. The Morgan fingerprint density at radius 1 is 1.00 bits per heavy atom. The fraction of sp³-hybridized carbons (Fsp3) is 0.381. The molecule has 132 valence electrons. The van der Waals surface area contributed by atoms with E-state index in [0.29, 0.717) is 19.6 Å². The number of benzene rings is 2. The van der Waals surface area contributed by atoms with E-state index in [4.69, 9.17) is 9.47 Å². The van der Waals surface area contributed by atoms with Crippen LogP contribution in [-0.4, -0.2) is 32.3 Å².